The lowest BCUT2D eigenvalue weighted by Gasteiger charge is -2.04. The van der Waals surface area contributed by atoms with Crippen molar-refractivity contribution in [3.8, 4) is 11.4 Å². The van der Waals surface area contributed by atoms with Gasteiger partial charge in [-0.2, -0.15) is 0 Å². The maximum atomic E-state index is 6.07. The van der Waals surface area contributed by atoms with Gasteiger partial charge in [0, 0.05) is 11.6 Å². The summed E-state index contributed by atoms with van der Waals surface area (Å²) in [6.45, 7) is 0. The summed E-state index contributed by atoms with van der Waals surface area (Å²) >= 11 is 7.64. The van der Waals surface area contributed by atoms with Gasteiger partial charge in [-0.1, -0.05) is 53.7 Å². The van der Waals surface area contributed by atoms with Crippen LogP contribution in [-0.4, -0.2) is 9.97 Å². The van der Waals surface area contributed by atoms with E-state index in [2.05, 4.69) is 9.97 Å². The van der Waals surface area contributed by atoms with Crippen molar-refractivity contribution in [1.82, 2.24) is 9.97 Å². The van der Waals surface area contributed by atoms with Crippen LogP contribution >= 0.6 is 23.4 Å². The van der Waals surface area contributed by atoms with Gasteiger partial charge in [-0.15, -0.1) is 0 Å². The van der Waals surface area contributed by atoms with Gasteiger partial charge < -0.3 is 4.42 Å². The first kappa shape index (κ1) is 13.2. The normalized spacial score (nSPS) is 10.7. The first-order valence-corrected chi connectivity index (χ1v) is 7.43. The molecule has 0 unspecified atom stereocenters. The number of nitrogens with zero attached hydrogens (tertiary/aromatic N) is 2. The molecule has 0 aliphatic carbocycles. The van der Waals surface area contributed by atoms with E-state index < -0.39 is 0 Å². The zero-order valence-corrected chi connectivity index (χ0v) is 12.1. The van der Waals surface area contributed by atoms with Crippen LogP contribution in [0.4, 0.5) is 0 Å². The Morgan fingerprint density at radius 2 is 1.90 bits per heavy atom. The molecule has 0 aliphatic rings. The van der Waals surface area contributed by atoms with Crippen molar-refractivity contribution in [3.63, 3.8) is 0 Å². The van der Waals surface area contributed by atoms with Gasteiger partial charge in [-0.05, 0) is 12.1 Å². The highest BCUT2D eigenvalue weighted by atomic mass is 35.5. The van der Waals surface area contributed by atoms with Crippen molar-refractivity contribution in [3.05, 3.63) is 65.7 Å². The molecule has 0 bridgehead atoms. The summed E-state index contributed by atoms with van der Waals surface area (Å²) in [6, 6.07) is 15.4. The minimum absolute atomic E-state index is 0.445. The Labute approximate surface area is 126 Å². The molecule has 0 aliphatic heterocycles. The van der Waals surface area contributed by atoms with Gasteiger partial charge in [0.1, 0.15) is 15.9 Å². The van der Waals surface area contributed by atoms with Gasteiger partial charge in [0.25, 0.3) is 0 Å². The third-order valence-electron chi connectivity index (χ3n) is 2.65. The number of furan rings is 1. The van der Waals surface area contributed by atoms with Gasteiger partial charge in [-0.25, -0.2) is 9.97 Å². The maximum Gasteiger partial charge on any atom is 0.162 e. The summed E-state index contributed by atoms with van der Waals surface area (Å²) in [6.07, 6.45) is 1.66. The van der Waals surface area contributed by atoms with Crippen LogP contribution in [0.2, 0.25) is 5.15 Å². The van der Waals surface area contributed by atoms with E-state index in [9.17, 15) is 0 Å². The van der Waals surface area contributed by atoms with Crippen molar-refractivity contribution in [2.24, 2.45) is 0 Å². The fourth-order valence-electron chi connectivity index (χ4n) is 1.73. The number of halogens is 1. The van der Waals surface area contributed by atoms with Crippen LogP contribution in [-0.2, 0) is 5.75 Å². The molecule has 20 heavy (non-hydrogen) atoms. The average molecular weight is 303 g/mol. The van der Waals surface area contributed by atoms with E-state index in [0.717, 1.165) is 16.3 Å². The SMILES string of the molecule is Clc1cc(SCc2ccco2)nc(-c2ccccc2)n1. The summed E-state index contributed by atoms with van der Waals surface area (Å²) in [5, 5.41) is 1.28. The molecule has 100 valence electrons. The molecule has 0 N–H and O–H groups in total. The molecule has 3 rings (SSSR count). The summed E-state index contributed by atoms with van der Waals surface area (Å²) in [7, 11) is 0. The molecule has 0 amide bonds. The molecular weight excluding hydrogens is 292 g/mol. The van der Waals surface area contributed by atoms with Crippen LogP contribution in [0.15, 0.2) is 64.2 Å². The molecule has 2 heterocycles. The highest BCUT2D eigenvalue weighted by Crippen LogP contribution is 2.26. The quantitative estimate of drug-likeness (QED) is 0.518. The Morgan fingerprint density at radius 1 is 1.05 bits per heavy atom. The largest absolute Gasteiger partial charge is 0.468 e. The third kappa shape index (κ3) is 3.21. The van der Waals surface area contributed by atoms with Crippen molar-refractivity contribution < 1.29 is 4.42 Å². The Balaban J connectivity index is 1.83. The Bertz CT molecular complexity index is 686. The zero-order chi connectivity index (χ0) is 13.8. The molecule has 3 nitrogen and oxygen atoms in total. The topological polar surface area (TPSA) is 38.9 Å². The summed E-state index contributed by atoms with van der Waals surface area (Å²) < 4.78 is 5.30. The highest BCUT2D eigenvalue weighted by molar-refractivity contribution is 7.98. The summed E-state index contributed by atoms with van der Waals surface area (Å²) in [5.74, 6) is 2.26. The number of benzene rings is 1. The molecule has 1 aromatic carbocycles. The predicted molar refractivity (Wildman–Crippen MR) is 80.7 cm³/mol. The van der Waals surface area contributed by atoms with Crippen LogP contribution in [0.3, 0.4) is 0 Å². The molecule has 3 aromatic rings. The highest BCUT2D eigenvalue weighted by Gasteiger charge is 2.07. The van der Waals surface area contributed by atoms with Crippen LogP contribution < -0.4 is 0 Å². The van der Waals surface area contributed by atoms with Gasteiger partial charge in [0.2, 0.25) is 0 Å². The maximum absolute atomic E-state index is 6.07. The molecular formula is C15H11ClN2OS. The number of hydrogen-bond donors (Lipinski definition) is 0. The van der Waals surface area contributed by atoms with Crippen LogP contribution in [0.25, 0.3) is 11.4 Å². The average Bonchev–Trinajstić information content (AvgIpc) is 2.99. The van der Waals surface area contributed by atoms with Gasteiger partial charge in [0.05, 0.1) is 12.0 Å². The van der Waals surface area contributed by atoms with E-state index in [1.807, 2.05) is 42.5 Å². The van der Waals surface area contributed by atoms with E-state index in [-0.39, 0.29) is 0 Å². The van der Waals surface area contributed by atoms with Gasteiger partial charge in [0.15, 0.2) is 5.82 Å². The molecule has 0 fully saturated rings. The lowest BCUT2D eigenvalue weighted by atomic mass is 10.2. The minimum atomic E-state index is 0.445. The molecule has 0 spiro atoms. The number of rotatable bonds is 4. The molecule has 5 heteroatoms. The van der Waals surface area contributed by atoms with E-state index in [1.54, 1.807) is 24.1 Å². The fraction of sp³-hybridized carbons (Fsp3) is 0.0667. The zero-order valence-electron chi connectivity index (χ0n) is 10.5. The van der Waals surface area contributed by atoms with Crippen molar-refractivity contribution in [2.45, 2.75) is 10.8 Å². The lowest BCUT2D eigenvalue weighted by Crippen LogP contribution is -1.92. The molecule has 0 radical (unpaired) electrons. The summed E-state index contributed by atoms with van der Waals surface area (Å²) in [4.78, 5) is 8.80. The molecule has 0 atom stereocenters. The monoisotopic (exact) mass is 302 g/mol. The van der Waals surface area contributed by atoms with Crippen molar-refractivity contribution >= 4 is 23.4 Å². The smallest absolute Gasteiger partial charge is 0.162 e. The van der Waals surface area contributed by atoms with E-state index in [0.29, 0.717) is 16.7 Å². The Morgan fingerprint density at radius 3 is 2.65 bits per heavy atom. The van der Waals surface area contributed by atoms with Crippen LogP contribution in [0.1, 0.15) is 5.76 Å². The predicted octanol–water partition coefficient (Wildman–Crippen LogP) is 4.68. The first-order chi connectivity index (χ1) is 9.81. The van der Waals surface area contributed by atoms with E-state index >= 15 is 0 Å². The third-order valence-corrected chi connectivity index (χ3v) is 3.77. The second kappa shape index (κ2) is 6.11. The minimum Gasteiger partial charge on any atom is -0.468 e. The number of aromatic nitrogens is 2. The first-order valence-electron chi connectivity index (χ1n) is 6.06. The number of thioether (sulfide) groups is 1. The second-order valence-corrected chi connectivity index (χ2v) is 5.47. The second-order valence-electron chi connectivity index (χ2n) is 4.09. The molecule has 2 aromatic heterocycles. The molecule has 0 saturated carbocycles. The van der Waals surface area contributed by atoms with Crippen molar-refractivity contribution in [1.29, 1.82) is 0 Å². The Hall–Kier alpha value is -1.78. The van der Waals surface area contributed by atoms with Crippen LogP contribution in [0.5, 0.6) is 0 Å². The van der Waals surface area contributed by atoms with E-state index in [4.69, 9.17) is 16.0 Å². The van der Waals surface area contributed by atoms with Gasteiger partial charge >= 0.3 is 0 Å². The van der Waals surface area contributed by atoms with E-state index in [1.165, 1.54) is 0 Å². The fourth-order valence-corrected chi connectivity index (χ4v) is 2.78. The van der Waals surface area contributed by atoms with Gasteiger partial charge in [-0.3, -0.25) is 0 Å². The lowest BCUT2D eigenvalue weighted by molar-refractivity contribution is 0.530. The standard InChI is InChI=1S/C15H11ClN2OS/c16-13-9-14(20-10-12-7-4-8-19-12)18-15(17-13)11-5-2-1-3-6-11/h1-9H,10H2. The molecule has 0 saturated heterocycles. The Kier molecular flexibility index (Phi) is 4.04. The number of hydrogen-bond acceptors (Lipinski definition) is 4. The summed E-state index contributed by atoms with van der Waals surface area (Å²) in [5.41, 5.74) is 0.954. The van der Waals surface area contributed by atoms with Crippen LogP contribution in [0, 0.1) is 0 Å². The van der Waals surface area contributed by atoms with Crippen molar-refractivity contribution in [2.75, 3.05) is 0 Å².